The lowest BCUT2D eigenvalue weighted by atomic mass is 10.0. The van der Waals surface area contributed by atoms with Gasteiger partial charge in [-0.3, -0.25) is 14.2 Å². The van der Waals surface area contributed by atoms with Gasteiger partial charge in [0.1, 0.15) is 18.1 Å². The van der Waals surface area contributed by atoms with Gasteiger partial charge in [0.25, 0.3) is 5.56 Å². The number of nitrogens with two attached hydrogens (primary N) is 1. The fourth-order valence-electron chi connectivity index (χ4n) is 4.12. The van der Waals surface area contributed by atoms with E-state index in [4.69, 9.17) is 5.73 Å². The predicted octanol–water partition coefficient (Wildman–Crippen LogP) is 2.43. The Kier molecular flexibility index (Phi) is 6.11. The summed E-state index contributed by atoms with van der Waals surface area (Å²) >= 11 is 0. The van der Waals surface area contributed by atoms with Crippen LogP contribution in [0.25, 0.3) is 11.1 Å². The van der Waals surface area contributed by atoms with Crippen molar-refractivity contribution in [2.24, 2.45) is 7.05 Å². The molecule has 0 aliphatic carbocycles. The summed E-state index contributed by atoms with van der Waals surface area (Å²) in [6, 6.07) is 17.1. The van der Waals surface area contributed by atoms with E-state index < -0.39 is 23.7 Å². The number of hydrogen-bond acceptors (Lipinski definition) is 5. The Morgan fingerprint density at radius 3 is 2.34 bits per heavy atom. The van der Waals surface area contributed by atoms with E-state index in [-0.39, 0.29) is 5.82 Å². The van der Waals surface area contributed by atoms with Crippen LogP contribution in [0.2, 0.25) is 0 Å². The summed E-state index contributed by atoms with van der Waals surface area (Å²) in [5.41, 5.74) is 7.71. The van der Waals surface area contributed by atoms with Crippen LogP contribution in [0.3, 0.4) is 0 Å². The van der Waals surface area contributed by atoms with Gasteiger partial charge >= 0.3 is 5.69 Å². The molecule has 1 aromatic heterocycles. The van der Waals surface area contributed by atoms with Gasteiger partial charge in [0, 0.05) is 31.4 Å². The van der Waals surface area contributed by atoms with Crippen LogP contribution in [-0.2, 0) is 18.4 Å². The van der Waals surface area contributed by atoms with Crippen LogP contribution in [0.15, 0.2) is 64.2 Å². The third kappa shape index (κ3) is 4.16. The van der Waals surface area contributed by atoms with Gasteiger partial charge < -0.3 is 16.0 Å². The smallest absolute Gasteiger partial charge is 0.332 e. The molecule has 1 aliphatic rings. The van der Waals surface area contributed by atoms with Gasteiger partial charge in [-0.05, 0) is 30.9 Å². The largest absolute Gasteiger partial charge is 0.383 e. The first-order valence-electron chi connectivity index (χ1n) is 10.8. The van der Waals surface area contributed by atoms with Gasteiger partial charge in [-0.15, -0.1) is 0 Å². The molecule has 8 heteroatoms. The van der Waals surface area contributed by atoms with Crippen LogP contribution >= 0.6 is 0 Å². The summed E-state index contributed by atoms with van der Waals surface area (Å²) in [4.78, 5) is 40.8. The van der Waals surface area contributed by atoms with Crippen molar-refractivity contribution in [3.05, 3.63) is 75.4 Å². The zero-order chi connectivity index (χ0) is 22.7. The number of rotatable bonds is 5. The lowest BCUT2D eigenvalue weighted by Crippen LogP contribution is -2.46. The average molecular weight is 434 g/mol. The molecule has 0 saturated carbocycles. The Balaban J connectivity index is 1.64. The lowest BCUT2D eigenvalue weighted by Gasteiger charge is -2.29. The van der Waals surface area contributed by atoms with Crippen molar-refractivity contribution >= 4 is 23.1 Å². The molecule has 3 N–H and O–H groups in total. The molecule has 0 atom stereocenters. The number of anilines is 3. The second kappa shape index (κ2) is 9.13. The topological polar surface area (TPSA) is 102 Å². The van der Waals surface area contributed by atoms with Crippen LogP contribution in [0.5, 0.6) is 0 Å². The fourth-order valence-corrected chi connectivity index (χ4v) is 4.12. The number of piperidine rings is 1. The van der Waals surface area contributed by atoms with E-state index in [2.05, 4.69) is 5.32 Å². The van der Waals surface area contributed by atoms with Crippen molar-refractivity contribution in [3.8, 4) is 11.1 Å². The van der Waals surface area contributed by atoms with E-state index in [1.807, 2.05) is 53.4 Å². The summed E-state index contributed by atoms with van der Waals surface area (Å²) in [5, 5.41) is 2.85. The number of amides is 1. The second-order valence-corrected chi connectivity index (χ2v) is 7.97. The molecule has 1 fully saturated rings. The normalized spacial score (nSPS) is 13.7. The first-order chi connectivity index (χ1) is 15.5. The Morgan fingerprint density at radius 1 is 0.969 bits per heavy atom. The summed E-state index contributed by atoms with van der Waals surface area (Å²) in [6.07, 6.45) is 3.01. The third-order valence-corrected chi connectivity index (χ3v) is 5.83. The Bertz CT molecular complexity index is 1240. The number of carbonyl (C=O) groups excluding carboxylic acids is 1. The lowest BCUT2D eigenvalue weighted by molar-refractivity contribution is -0.116. The number of nitrogens with zero attached hydrogens (tertiary/aromatic N) is 3. The first kappa shape index (κ1) is 21.4. The zero-order valence-electron chi connectivity index (χ0n) is 18.1. The minimum atomic E-state index is -0.611. The molecule has 0 bridgehead atoms. The molecule has 0 spiro atoms. The molecule has 32 heavy (non-hydrogen) atoms. The van der Waals surface area contributed by atoms with Crippen molar-refractivity contribution in [2.75, 3.05) is 29.0 Å². The number of hydrogen-bond donors (Lipinski definition) is 2. The van der Waals surface area contributed by atoms with E-state index in [1.54, 1.807) is 6.07 Å². The maximum Gasteiger partial charge on any atom is 0.332 e. The van der Waals surface area contributed by atoms with Crippen LogP contribution < -0.4 is 27.2 Å². The number of aromatic nitrogens is 2. The molecule has 0 unspecified atom stereocenters. The SMILES string of the molecule is Cn1c(N)c(N2CCCCC2)c(=O)n(CC(=O)Nc2ccccc2-c2ccccc2)c1=O. The van der Waals surface area contributed by atoms with Gasteiger partial charge in [0.2, 0.25) is 5.91 Å². The summed E-state index contributed by atoms with van der Waals surface area (Å²) in [7, 11) is 1.52. The first-order valence-corrected chi connectivity index (χ1v) is 10.8. The maximum absolute atomic E-state index is 13.2. The zero-order valence-corrected chi connectivity index (χ0v) is 18.1. The molecule has 166 valence electrons. The van der Waals surface area contributed by atoms with Crippen LogP contribution in [0, 0.1) is 0 Å². The Labute approximate surface area is 185 Å². The molecule has 2 heterocycles. The van der Waals surface area contributed by atoms with Crippen molar-refractivity contribution in [3.63, 3.8) is 0 Å². The molecule has 1 aliphatic heterocycles. The number of para-hydroxylation sites is 1. The molecule has 2 aromatic carbocycles. The molecule has 4 rings (SSSR count). The van der Waals surface area contributed by atoms with Crippen molar-refractivity contribution in [2.45, 2.75) is 25.8 Å². The number of benzene rings is 2. The van der Waals surface area contributed by atoms with E-state index >= 15 is 0 Å². The Morgan fingerprint density at radius 2 is 1.62 bits per heavy atom. The number of carbonyl (C=O) groups is 1. The predicted molar refractivity (Wildman–Crippen MR) is 127 cm³/mol. The third-order valence-electron chi connectivity index (χ3n) is 5.83. The average Bonchev–Trinajstić information content (AvgIpc) is 2.82. The van der Waals surface area contributed by atoms with Gasteiger partial charge in [-0.2, -0.15) is 0 Å². The summed E-state index contributed by atoms with van der Waals surface area (Å²) in [5.74, 6) is -0.324. The van der Waals surface area contributed by atoms with Crippen molar-refractivity contribution < 1.29 is 4.79 Å². The molecule has 3 aromatic rings. The number of nitrogens with one attached hydrogen (secondary N) is 1. The highest BCUT2D eigenvalue weighted by molar-refractivity contribution is 5.95. The van der Waals surface area contributed by atoms with Crippen LogP contribution in [-0.4, -0.2) is 28.1 Å². The second-order valence-electron chi connectivity index (χ2n) is 7.97. The van der Waals surface area contributed by atoms with E-state index in [0.717, 1.165) is 35.0 Å². The standard InChI is InChI=1S/C24H27N5O3/c1-27-22(25)21(28-14-8-3-9-15-28)23(31)29(24(27)32)16-20(30)26-19-13-7-6-12-18(19)17-10-4-2-5-11-17/h2,4-7,10-13H,3,8-9,14-16,25H2,1H3,(H,26,30). The molecular formula is C24H27N5O3. The van der Waals surface area contributed by atoms with Crippen LogP contribution in [0.1, 0.15) is 19.3 Å². The van der Waals surface area contributed by atoms with Gasteiger partial charge in [0.05, 0.1) is 0 Å². The molecule has 0 radical (unpaired) electrons. The van der Waals surface area contributed by atoms with Crippen LogP contribution in [0.4, 0.5) is 17.2 Å². The monoisotopic (exact) mass is 433 g/mol. The van der Waals surface area contributed by atoms with Gasteiger partial charge in [-0.25, -0.2) is 9.36 Å². The van der Waals surface area contributed by atoms with Gasteiger partial charge in [0.15, 0.2) is 0 Å². The Hall–Kier alpha value is -3.81. The quantitative estimate of drug-likeness (QED) is 0.643. The minimum absolute atomic E-state index is 0.132. The highest BCUT2D eigenvalue weighted by atomic mass is 16.2. The fraction of sp³-hybridized carbons (Fsp3) is 0.292. The van der Waals surface area contributed by atoms with Crippen molar-refractivity contribution in [1.29, 1.82) is 0 Å². The maximum atomic E-state index is 13.2. The highest BCUT2D eigenvalue weighted by Gasteiger charge is 2.23. The summed E-state index contributed by atoms with van der Waals surface area (Å²) < 4.78 is 2.19. The molecule has 1 amide bonds. The van der Waals surface area contributed by atoms with Gasteiger partial charge in [-0.1, -0.05) is 48.5 Å². The van der Waals surface area contributed by atoms with E-state index in [0.29, 0.717) is 24.5 Å². The minimum Gasteiger partial charge on any atom is -0.383 e. The molecular weight excluding hydrogens is 406 g/mol. The number of nitrogen functional groups attached to an aromatic ring is 1. The summed E-state index contributed by atoms with van der Waals surface area (Å²) in [6.45, 7) is 1.01. The van der Waals surface area contributed by atoms with E-state index in [9.17, 15) is 14.4 Å². The van der Waals surface area contributed by atoms with E-state index in [1.165, 1.54) is 11.6 Å². The molecule has 8 nitrogen and oxygen atoms in total. The molecule has 1 saturated heterocycles. The highest BCUT2D eigenvalue weighted by Crippen LogP contribution is 2.27. The van der Waals surface area contributed by atoms with Crippen molar-refractivity contribution in [1.82, 2.24) is 9.13 Å².